The summed E-state index contributed by atoms with van der Waals surface area (Å²) in [6.07, 6.45) is 0.212. The van der Waals surface area contributed by atoms with E-state index >= 15 is 0 Å². The lowest BCUT2D eigenvalue weighted by atomic mass is 10.1. The largest absolute Gasteiger partial charge is 0.491 e. The minimum Gasteiger partial charge on any atom is -0.491 e. The van der Waals surface area contributed by atoms with Crippen LogP contribution >= 0.6 is 35.4 Å². The van der Waals surface area contributed by atoms with Gasteiger partial charge in [-0.3, -0.25) is 0 Å². The van der Waals surface area contributed by atoms with E-state index in [4.69, 9.17) is 32.1 Å². The van der Waals surface area contributed by atoms with Gasteiger partial charge in [0.25, 0.3) is 0 Å². The number of hydrogen-bond acceptors (Lipinski definition) is 6. The predicted octanol–water partition coefficient (Wildman–Crippen LogP) is 4.19. The molecule has 2 aromatic rings. The SMILES string of the molecule is COSNc1ccc(OCC(O)CNCCc2ccc(Cl)c(Cl)c2)cc1. The van der Waals surface area contributed by atoms with Gasteiger partial charge in [0, 0.05) is 12.2 Å². The molecule has 0 saturated heterocycles. The van der Waals surface area contributed by atoms with Crippen molar-refractivity contribution in [2.75, 3.05) is 31.5 Å². The molecule has 0 spiro atoms. The topological polar surface area (TPSA) is 62.8 Å². The number of ether oxygens (including phenoxy) is 1. The van der Waals surface area contributed by atoms with Crippen LogP contribution in [0.25, 0.3) is 0 Å². The summed E-state index contributed by atoms with van der Waals surface area (Å²) in [5, 5.41) is 14.3. The Bertz CT molecular complexity index is 674. The number of halogens is 2. The maximum Gasteiger partial charge on any atom is 0.119 e. The molecule has 3 N–H and O–H groups in total. The van der Waals surface area contributed by atoms with Crippen LogP contribution < -0.4 is 14.8 Å². The summed E-state index contributed by atoms with van der Waals surface area (Å²) >= 11 is 13.0. The van der Waals surface area contributed by atoms with Crippen molar-refractivity contribution in [3.8, 4) is 5.75 Å². The summed E-state index contributed by atoms with van der Waals surface area (Å²) in [4.78, 5) is 0. The molecule has 0 aliphatic heterocycles. The highest BCUT2D eigenvalue weighted by molar-refractivity contribution is 7.95. The van der Waals surface area contributed by atoms with E-state index in [9.17, 15) is 5.11 Å². The van der Waals surface area contributed by atoms with Crippen molar-refractivity contribution in [2.45, 2.75) is 12.5 Å². The number of nitrogens with one attached hydrogen (secondary N) is 2. The fourth-order valence-corrected chi connectivity index (χ4v) is 2.79. The van der Waals surface area contributed by atoms with E-state index in [1.807, 2.05) is 36.4 Å². The summed E-state index contributed by atoms with van der Waals surface area (Å²) in [7, 11) is 1.59. The Morgan fingerprint density at radius 3 is 2.58 bits per heavy atom. The van der Waals surface area contributed by atoms with Crippen LogP contribution in [0, 0.1) is 0 Å². The van der Waals surface area contributed by atoms with Crippen LogP contribution in [0.1, 0.15) is 5.56 Å². The molecule has 5 nitrogen and oxygen atoms in total. The molecule has 1 atom stereocenters. The Morgan fingerprint density at radius 2 is 1.88 bits per heavy atom. The minimum atomic E-state index is -0.592. The number of anilines is 1. The van der Waals surface area contributed by atoms with Crippen LogP contribution in [0.2, 0.25) is 10.0 Å². The van der Waals surface area contributed by atoms with E-state index < -0.39 is 6.10 Å². The average Bonchev–Trinajstić information content (AvgIpc) is 2.65. The van der Waals surface area contributed by atoms with Crippen molar-refractivity contribution in [1.29, 1.82) is 0 Å². The van der Waals surface area contributed by atoms with E-state index in [1.54, 1.807) is 13.2 Å². The normalized spacial score (nSPS) is 12.0. The van der Waals surface area contributed by atoms with Gasteiger partial charge in [-0.25, -0.2) is 0 Å². The monoisotopic (exact) mass is 416 g/mol. The third-order valence-corrected chi connectivity index (χ3v) is 4.72. The van der Waals surface area contributed by atoms with E-state index in [2.05, 4.69) is 10.0 Å². The van der Waals surface area contributed by atoms with Gasteiger partial charge in [0.1, 0.15) is 30.7 Å². The molecule has 0 bridgehead atoms. The van der Waals surface area contributed by atoms with Gasteiger partial charge in [-0.1, -0.05) is 29.3 Å². The van der Waals surface area contributed by atoms with Crippen LogP contribution in [0.5, 0.6) is 5.75 Å². The van der Waals surface area contributed by atoms with Gasteiger partial charge in [-0.15, -0.1) is 0 Å². The molecule has 2 rings (SSSR count). The van der Waals surface area contributed by atoms with Crippen molar-refractivity contribution in [3.05, 3.63) is 58.1 Å². The van der Waals surface area contributed by atoms with E-state index in [0.717, 1.165) is 36.4 Å². The molecule has 0 aromatic heterocycles. The summed E-state index contributed by atoms with van der Waals surface area (Å²) in [6.45, 7) is 1.40. The Hall–Kier alpha value is -1.15. The fraction of sp³-hybridized carbons (Fsp3) is 0.333. The van der Waals surface area contributed by atoms with Gasteiger partial charge in [0.2, 0.25) is 0 Å². The molecule has 0 amide bonds. The van der Waals surface area contributed by atoms with Crippen LogP contribution in [0.15, 0.2) is 42.5 Å². The Balaban J connectivity index is 1.62. The van der Waals surface area contributed by atoms with Crippen molar-refractivity contribution in [1.82, 2.24) is 5.32 Å². The van der Waals surface area contributed by atoms with Gasteiger partial charge in [0.05, 0.1) is 17.2 Å². The van der Waals surface area contributed by atoms with Crippen LogP contribution in [0.3, 0.4) is 0 Å². The van der Waals surface area contributed by atoms with Crippen LogP contribution in [-0.2, 0) is 10.6 Å². The number of aliphatic hydroxyl groups excluding tert-OH is 1. The maximum absolute atomic E-state index is 10.0. The number of benzene rings is 2. The van der Waals surface area contributed by atoms with E-state index in [0.29, 0.717) is 22.3 Å². The van der Waals surface area contributed by atoms with E-state index in [-0.39, 0.29) is 6.61 Å². The first-order chi connectivity index (χ1) is 12.6. The van der Waals surface area contributed by atoms with Crippen molar-refractivity contribution in [3.63, 3.8) is 0 Å². The number of aliphatic hydroxyl groups is 1. The Kier molecular flexibility index (Phi) is 9.39. The maximum atomic E-state index is 10.0. The van der Waals surface area contributed by atoms with Gasteiger partial charge in [-0.05, 0) is 54.9 Å². The smallest absolute Gasteiger partial charge is 0.119 e. The third kappa shape index (κ3) is 7.61. The highest BCUT2D eigenvalue weighted by atomic mass is 35.5. The van der Waals surface area contributed by atoms with Crippen LogP contribution in [-0.4, -0.2) is 38.0 Å². The zero-order valence-electron chi connectivity index (χ0n) is 14.4. The summed E-state index contributed by atoms with van der Waals surface area (Å²) in [5.41, 5.74) is 2.01. The van der Waals surface area contributed by atoms with Gasteiger partial charge in [0.15, 0.2) is 0 Å². The fourth-order valence-electron chi connectivity index (χ4n) is 2.16. The molecule has 142 valence electrons. The third-order valence-electron chi connectivity index (χ3n) is 3.49. The summed E-state index contributed by atoms with van der Waals surface area (Å²) < 4.78 is 13.5. The van der Waals surface area contributed by atoms with Crippen molar-refractivity contribution >= 4 is 41.1 Å². The molecule has 0 aliphatic carbocycles. The first-order valence-corrected chi connectivity index (χ1v) is 9.59. The quantitative estimate of drug-likeness (QED) is 0.290. The molecular formula is C18H22Cl2N2O3S. The Morgan fingerprint density at radius 1 is 1.12 bits per heavy atom. The first-order valence-electron chi connectivity index (χ1n) is 8.09. The summed E-state index contributed by atoms with van der Waals surface area (Å²) in [6, 6.07) is 13.0. The molecule has 2 aromatic carbocycles. The molecule has 0 fully saturated rings. The van der Waals surface area contributed by atoms with Gasteiger partial charge >= 0.3 is 0 Å². The number of rotatable bonds is 11. The lowest BCUT2D eigenvalue weighted by Crippen LogP contribution is -2.32. The molecule has 8 heteroatoms. The second-order valence-corrected chi connectivity index (χ2v) is 7.06. The second kappa shape index (κ2) is 11.5. The first kappa shape index (κ1) is 21.2. The molecule has 0 radical (unpaired) electrons. The van der Waals surface area contributed by atoms with Crippen molar-refractivity contribution in [2.24, 2.45) is 0 Å². The van der Waals surface area contributed by atoms with E-state index in [1.165, 1.54) is 0 Å². The average molecular weight is 417 g/mol. The zero-order chi connectivity index (χ0) is 18.8. The zero-order valence-corrected chi connectivity index (χ0v) is 16.7. The minimum absolute atomic E-state index is 0.222. The molecule has 0 saturated carbocycles. The molecule has 0 heterocycles. The molecular weight excluding hydrogens is 395 g/mol. The van der Waals surface area contributed by atoms with Gasteiger partial charge in [-0.2, -0.15) is 0 Å². The summed E-state index contributed by atoms with van der Waals surface area (Å²) in [5.74, 6) is 0.702. The predicted molar refractivity (Wildman–Crippen MR) is 109 cm³/mol. The van der Waals surface area contributed by atoms with Crippen molar-refractivity contribution < 1.29 is 14.0 Å². The highest BCUT2D eigenvalue weighted by Gasteiger charge is 2.06. The lowest BCUT2D eigenvalue weighted by Gasteiger charge is -2.14. The highest BCUT2D eigenvalue weighted by Crippen LogP contribution is 2.22. The molecule has 26 heavy (non-hydrogen) atoms. The Labute approximate surface area is 168 Å². The molecule has 1 unspecified atom stereocenters. The number of hydrogen-bond donors (Lipinski definition) is 3. The molecule has 0 aliphatic rings. The standard InChI is InChI=1S/C18H22Cl2N2O3S/c1-24-26-22-14-3-5-16(6-4-14)25-12-15(23)11-21-9-8-13-2-7-17(19)18(20)10-13/h2-7,10,15,21-23H,8-9,11-12H2,1H3. The second-order valence-electron chi connectivity index (χ2n) is 5.54. The van der Waals surface area contributed by atoms with Gasteiger partial charge < -0.3 is 24.1 Å². The van der Waals surface area contributed by atoms with Crippen LogP contribution in [0.4, 0.5) is 5.69 Å². The lowest BCUT2D eigenvalue weighted by molar-refractivity contribution is 0.106.